The second-order valence-corrected chi connectivity index (χ2v) is 9.09. The summed E-state index contributed by atoms with van der Waals surface area (Å²) in [5.74, 6) is 2.05. The molecule has 0 spiro atoms. The highest BCUT2D eigenvalue weighted by molar-refractivity contribution is 7.91. The van der Waals surface area contributed by atoms with Gasteiger partial charge in [0.25, 0.3) is 5.89 Å². The minimum Gasteiger partial charge on any atom is -0.497 e. The maximum atomic E-state index is 12.5. The van der Waals surface area contributed by atoms with Crippen molar-refractivity contribution in [1.82, 2.24) is 14.9 Å². The number of nitrogens with one attached hydrogen (secondary N) is 1. The van der Waals surface area contributed by atoms with E-state index in [9.17, 15) is 8.42 Å². The van der Waals surface area contributed by atoms with E-state index in [2.05, 4.69) is 14.9 Å². The first-order valence-corrected chi connectivity index (χ1v) is 10.4. The van der Waals surface area contributed by atoms with Crippen LogP contribution in [0.25, 0.3) is 10.8 Å². The Kier molecular flexibility index (Phi) is 4.51. The van der Waals surface area contributed by atoms with Crippen LogP contribution in [-0.2, 0) is 16.6 Å². The largest absolute Gasteiger partial charge is 0.497 e. The molecule has 0 saturated heterocycles. The normalized spacial score (nSPS) is 14.5. The minimum absolute atomic E-state index is 0.180. The maximum absolute atomic E-state index is 12.5. The van der Waals surface area contributed by atoms with Gasteiger partial charge in [-0.2, -0.15) is 0 Å². The summed E-state index contributed by atoms with van der Waals surface area (Å²) in [4.78, 5) is 0.645. The van der Waals surface area contributed by atoms with Crippen LogP contribution in [0.15, 0.2) is 45.0 Å². The summed E-state index contributed by atoms with van der Waals surface area (Å²) in [5, 5.41) is 8.05. The van der Waals surface area contributed by atoms with Gasteiger partial charge in [0.15, 0.2) is 0 Å². The molecule has 7 nitrogen and oxygen atoms in total. The Morgan fingerprint density at radius 1 is 1.27 bits per heavy atom. The number of ether oxygens (including phenoxy) is 1. The van der Waals surface area contributed by atoms with E-state index in [1.165, 1.54) is 0 Å². The van der Waals surface area contributed by atoms with E-state index in [1.54, 1.807) is 25.3 Å². The number of aromatic nitrogens is 2. The van der Waals surface area contributed by atoms with Gasteiger partial charge in [0, 0.05) is 12.5 Å². The third-order valence-corrected chi connectivity index (χ3v) is 6.99. The molecule has 0 bridgehead atoms. The van der Waals surface area contributed by atoms with Crippen LogP contribution in [0.2, 0.25) is 0 Å². The van der Waals surface area contributed by atoms with Crippen LogP contribution in [0.3, 0.4) is 0 Å². The average molecular weight is 391 g/mol. The Hall–Kier alpha value is -2.23. The van der Waals surface area contributed by atoms with E-state index < -0.39 is 10.0 Å². The van der Waals surface area contributed by atoms with Gasteiger partial charge in [0.05, 0.1) is 12.0 Å². The first-order chi connectivity index (χ1) is 12.5. The number of benzene rings is 1. The molecule has 0 unspecified atom stereocenters. The van der Waals surface area contributed by atoms with Crippen molar-refractivity contribution in [2.45, 2.75) is 29.5 Å². The molecular formula is C17H17N3O4S2. The highest BCUT2D eigenvalue weighted by Crippen LogP contribution is 2.40. The predicted molar refractivity (Wildman–Crippen MR) is 96.6 cm³/mol. The summed E-state index contributed by atoms with van der Waals surface area (Å²) in [6, 6.07) is 10.5. The van der Waals surface area contributed by atoms with E-state index in [4.69, 9.17) is 9.15 Å². The van der Waals surface area contributed by atoms with Crippen molar-refractivity contribution in [2.24, 2.45) is 0 Å². The monoisotopic (exact) mass is 391 g/mol. The Labute approximate surface area is 155 Å². The highest BCUT2D eigenvalue weighted by atomic mass is 32.2. The number of thiophene rings is 1. The van der Waals surface area contributed by atoms with E-state index in [0.717, 1.165) is 29.7 Å². The van der Waals surface area contributed by atoms with Crippen LogP contribution in [0.1, 0.15) is 30.2 Å². The van der Waals surface area contributed by atoms with Gasteiger partial charge in [-0.25, -0.2) is 13.1 Å². The van der Waals surface area contributed by atoms with E-state index in [0.29, 0.717) is 28.3 Å². The average Bonchev–Trinajstić information content (AvgIpc) is 3.17. The van der Waals surface area contributed by atoms with Gasteiger partial charge in [0.2, 0.25) is 15.9 Å². The Morgan fingerprint density at radius 3 is 2.88 bits per heavy atom. The maximum Gasteiger partial charge on any atom is 0.257 e. The lowest BCUT2D eigenvalue weighted by molar-refractivity contribution is 0.414. The molecule has 1 aliphatic carbocycles. The molecule has 9 heteroatoms. The zero-order valence-electron chi connectivity index (χ0n) is 14.0. The SMILES string of the molecule is COc1cccc(CNS(=O)(=O)c2ccc(-c3nnc(C4CC4)o3)s2)c1. The van der Waals surface area contributed by atoms with Gasteiger partial charge in [-0.15, -0.1) is 21.5 Å². The van der Waals surface area contributed by atoms with Crippen molar-refractivity contribution in [1.29, 1.82) is 0 Å². The molecule has 0 atom stereocenters. The highest BCUT2D eigenvalue weighted by Gasteiger charge is 2.30. The third-order valence-electron chi connectivity index (χ3n) is 4.02. The molecule has 1 N–H and O–H groups in total. The molecule has 4 rings (SSSR count). The van der Waals surface area contributed by atoms with Gasteiger partial charge in [-0.1, -0.05) is 12.1 Å². The second kappa shape index (κ2) is 6.82. The van der Waals surface area contributed by atoms with Crippen LogP contribution in [0, 0.1) is 0 Å². The molecule has 0 aliphatic heterocycles. The van der Waals surface area contributed by atoms with E-state index >= 15 is 0 Å². The van der Waals surface area contributed by atoms with Crippen molar-refractivity contribution in [3.8, 4) is 16.5 Å². The van der Waals surface area contributed by atoms with Crippen LogP contribution >= 0.6 is 11.3 Å². The molecule has 0 amide bonds. The number of sulfonamides is 1. The minimum atomic E-state index is -3.62. The number of hydrogen-bond donors (Lipinski definition) is 1. The predicted octanol–water partition coefficient (Wildman–Crippen LogP) is 3.16. The fourth-order valence-corrected chi connectivity index (χ4v) is 4.73. The Balaban J connectivity index is 1.48. The van der Waals surface area contributed by atoms with Crippen molar-refractivity contribution in [3.05, 3.63) is 47.9 Å². The molecule has 26 heavy (non-hydrogen) atoms. The van der Waals surface area contributed by atoms with Crippen LogP contribution in [-0.4, -0.2) is 25.7 Å². The van der Waals surface area contributed by atoms with Gasteiger partial charge in [-0.05, 0) is 42.7 Å². The first kappa shape index (κ1) is 17.2. The lowest BCUT2D eigenvalue weighted by Crippen LogP contribution is -2.22. The summed E-state index contributed by atoms with van der Waals surface area (Å²) in [5.41, 5.74) is 0.815. The number of hydrogen-bond acceptors (Lipinski definition) is 7. The second-order valence-electron chi connectivity index (χ2n) is 6.01. The van der Waals surface area contributed by atoms with E-state index in [-0.39, 0.29) is 10.8 Å². The lowest BCUT2D eigenvalue weighted by atomic mass is 10.2. The molecule has 2 heterocycles. The molecule has 0 radical (unpaired) electrons. The number of methoxy groups -OCH3 is 1. The first-order valence-electron chi connectivity index (χ1n) is 8.11. The van der Waals surface area contributed by atoms with Crippen molar-refractivity contribution in [3.63, 3.8) is 0 Å². The quantitative estimate of drug-likeness (QED) is 0.665. The van der Waals surface area contributed by atoms with Crippen LogP contribution in [0.4, 0.5) is 0 Å². The lowest BCUT2D eigenvalue weighted by Gasteiger charge is -2.06. The van der Waals surface area contributed by atoms with Crippen molar-refractivity contribution < 1.29 is 17.6 Å². The zero-order valence-corrected chi connectivity index (χ0v) is 15.6. The van der Waals surface area contributed by atoms with Gasteiger partial charge in [0.1, 0.15) is 9.96 Å². The van der Waals surface area contributed by atoms with Gasteiger partial charge >= 0.3 is 0 Å². The fraction of sp³-hybridized carbons (Fsp3) is 0.294. The summed E-state index contributed by atoms with van der Waals surface area (Å²) < 4.78 is 38.7. The Morgan fingerprint density at radius 2 is 2.12 bits per heavy atom. The van der Waals surface area contributed by atoms with Gasteiger partial charge in [-0.3, -0.25) is 0 Å². The van der Waals surface area contributed by atoms with Crippen LogP contribution < -0.4 is 9.46 Å². The van der Waals surface area contributed by atoms with Gasteiger partial charge < -0.3 is 9.15 Å². The van der Waals surface area contributed by atoms with Crippen LogP contribution in [0.5, 0.6) is 5.75 Å². The summed E-state index contributed by atoms with van der Waals surface area (Å²) in [7, 11) is -2.05. The van der Waals surface area contributed by atoms with E-state index in [1.807, 2.05) is 18.2 Å². The fourth-order valence-electron chi connectivity index (χ4n) is 2.44. The summed E-state index contributed by atoms with van der Waals surface area (Å²) >= 11 is 1.11. The molecule has 2 aromatic heterocycles. The molecule has 1 aliphatic rings. The topological polar surface area (TPSA) is 94.3 Å². The molecule has 136 valence electrons. The third kappa shape index (κ3) is 3.64. The van der Waals surface area contributed by atoms with Crippen molar-refractivity contribution >= 4 is 21.4 Å². The molecule has 1 saturated carbocycles. The summed E-state index contributed by atoms with van der Waals surface area (Å²) in [6.45, 7) is 0.180. The number of nitrogens with zero attached hydrogens (tertiary/aromatic N) is 2. The molecule has 1 fully saturated rings. The summed E-state index contributed by atoms with van der Waals surface area (Å²) in [6.07, 6.45) is 2.14. The standard InChI is InChI=1S/C17H17N3O4S2/c1-23-13-4-2-3-11(9-13)10-18-26(21,22)15-8-7-14(25-15)17-20-19-16(24-17)12-5-6-12/h2-4,7-9,12,18H,5-6,10H2,1H3. The smallest absolute Gasteiger partial charge is 0.257 e. The zero-order chi connectivity index (χ0) is 18.1. The molecule has 3 aromatic rings. The Bertz CT molecular complexity index is 1020. The molecular weight excluding hydrogens is 374 g/mol. The number of rotatable bonds is 7. The molecule has 1 aromatic carbocycles. The van der Waals surface area contributed by atoms with Crippen molar-refractivity contribution in [2.75, 3.05) is 7.11 Å².